The lowest BCUT2D eigenvalue weighted by Gasteiger charge is -2.19. The average Bonchev–Trinajstić information content (AvgIpc) is 2.32. The fraction of sp³-hybridized carbons (Fsp3) is 0.721. The van der Waals surface area contributed by atoms with E-state index in [4.69, 9.17) is 24.3 Å². The maximum absolute atomic E-state index is 12.8. The maximum Gasteiger partial charge on any atom is 0.472 e. The fourth-order valence-electron chi connectivity index (χ4n) is 11.4. The van der Waals surface area contributed by atoms with Crippen molar-refractivity contribution in [2.24, 2.45) is 5.73 Å². The number of rotatable bonds is 75. The summed E-state index contributed by atoms with van der Waals surface area (Å²) in [5, 5.41) is 0. The summed E-state index contributed by atoms with van der Waals surface area (Å²) in [5.74, 6) is -0.833. The van der Waals surface area contributed by atoms with E-state index in [0.29, 0.717) is 6.42 Å². The summed E-state index contributed by atoms with van der Waals surface area (Å²) in [7, 11) is -4.41. The molecule has 0 aliphatic heterocycles. The van der Waals surface area contributed by atoms with E-state index in [2.05, 4.69) is 148 Å². The van der Waals surface area contributed by atoms with E-state index in [1.165, 1.54) is 218 Å². The summed E-state index contributed by atoms with van der Waals surface area (Å²) < 4.78 is 33.3. The molecule has 0 aromatic rings. The van der Waals surface area contributed by atoms with Crippen molar-refractivity contribution in [2.75, 3.05) is 26.4 Å². The van der Waals surface area contributed by atoms with Gasteiger partial charge in [0.1, 0.15) is 6.61 Å². The van der Waals surface area contributed by atoms with Crippen LogP contribution in [-0.2, 0) is 32.7 Å². The molecular formula is C86H150NO8P. The van der Waals surface area contributed by atoms with Gasteiger partial charge in [-0.1, -0.05) is 392 Å². The highest BCUT2D eigenvalue weighted by molar-refractivity contribution is 7.47. The van der Waals surface area contributed by atoms with E-state index in [-0.39, 0.29) is 38.6 Å². The first-order valence-electron chi connectivity index (χ1n) is 40.2. The van der Waals surface area contributed by atoms with Crippen molar-refractivity contribution >= 4 is 19.8 Å². The summed E-state index contributed by atoms with van der Waals surface area (Å²) in [6.45, 7) is 3.66. The van der Waals surface area contributed by atoms with Gasteiger partial charge in [-0.05, 0) is 96.3 Å². The second kappa shape index (κ2) is 80.1. The monoisotopic (exact) mass is 1360 g/mol. The Labute approximate surface area is 593 Å². The van der Waals surface area contributed by atoms with Crippen molar-refractivity contribution < 1.29 is 37.6 Å². The molecule has 0 saturated heterocycles. The number of unbranched alkanes of at least 4 members (excludes halogenated alkanes) is 40. The first-order valence-corrected chi connectivity index (χ1v) is 41.7. The lowest BCUT2D eigenvalue weighted by atomic mass is 10.0. The molecule has 0 aromatic carbocycles. The molecule has 0 fully saturated rings. The summed E-state index contributed by atoms with van der Waals surface area (Å²) in [6.07, 6.45) is 114. The number of carbonyl (C=O) groups excluding carboxylic acids is 2. The quantitative estimate of drug-likeness (QED) is 0.0264. The normalized spacial score (nSPS) is 13.6. The SMILES string of the molecule is CC/C=C\C/C=C\C/C=C\C/C=C\C/C=C\C/C=C\C/C=C\C/C=C\C/C=C\C/C=C\C/C=C\CCCCCCCCCC(=O)OC(COC(=O)CCCCCCCCCCCCCCCCCCCCCCCCCCCCCCCCCCCC)COP(=O)(O)OCCN. The third-order valence-corrected chi connectivity index (χ3v) is 18.3. The molecule has 0 bridgehead atoms. The van der Waals surface area contributed by atoms with Crippen LogP contribution < -0.4 is 5.73 Å². The van der Waals surface area contributed by atoms with Gasteiger partial charge in [-0.3, -0.25) is 18.6 Å². The van der Waals surface area contributed by atoms with Crippen LogP contribution in [0.4, 0.5) is 0 Å². The van der Waals surface area contributed by atoms with Crippen LogP contribution >= 0.6 is 7.82 Å². The number of nitrogens with two attached hydrogens (primary N) is 1. The molecule has 552 valence electrons. The molecule has 0 spiro atoms. The molecule has 0 saturated carbocycles. The number of carbonyl (C=O) groups is 2. The van der Waals surface area contributed by atoms with Crippen LogP contribution in [0.15, 0.2) is 134 Å². The number of allylic oxidation sites excluding steroid dienone is 22. The molecule has 2 atom stereocenters. The van der Waals surface area contributed by atoms with Gasteiger partial charge >= 0.3 is 19.8 Å². The second-order valence-electron chi connectivity index (χ2n) is 26.6. The summed E-state index contributed by atoms with van der Waals surface area (Å²) in [6, 6.07) is 0. The molecule has 10 heteroatoms. The molecule has 0 heterocycles. The van der Waals surface area contributed by atoms with Gasteiger partial charge in [-0.25, -0.2) is 4.57 Å². The van der Waals surface area contributed by atoms with Crippen molar-refractivity contribution in [3.8, 4) is 0 Å². The number of phosphoric acid groups is 1. The molecule has 0 aliphatic carbocycles. The van der Waals surface area contributed by atoms with Crippen LogP contribution in [0.2, 0.25) is 0 Å². The predicted molar refractivity (Wildman–Crippen MR) is 417 cm³/mol. The number of hydrogen-bond donors (Lipinski definition) is 2. The van der Waals surface area contributed by atoms with Crippen molar-refractivity contribution in [1.82, 2.24) is 0 Å². The number of hydrogen-bond acceptors (Lipinski definition) is 8. The highest BCUT2D eigenvalue weighted by Crippen LogP contribution is 2.43. The van der Waals surface area contributed by atoms with Crippen molar-refractivity contribution in [3.63, 3.8) is 0 Å². The molecule has 96 heavy (non-hydrogen) atoms. The molecule has 9 nitrogen and oxygen atoms in total. The van der Waals surface area contributed by atoms with Gasteiger partial charge < -0.3 is 20.1 Å². The Kier molecular flexibility index (Phi) is 76.9. The van der Waals surface area contributed by atoms with Gasteiger partial charge in [0, 0.05) is 19.4 Å². The number of phosphoric ester groups is 1. The van der Waals surface area contributed by atoms with Crippen molar-refractivity contribution in [2.45, 2.75) is 373 Å². The minimum Gasteiger partial charge on any atom is -0.462 e. The second-order valence-corrected chi connectivity index (χ2v) is 28.0. The Bertz CT molecular complexity index is 2050. The highest BCUT2D eigenvalue weighted by Gasteiger charge is 2.26. The van der Waals surface area contributed by atoms with Gasteiger partial charge in [0.05, 0.1) is 13.2 Å². The summed E-state index contributed by atoms with van der Waals surface area (Å²) in [4.78, 5) is 35.5. The van der Waals surface area contributed by atoms with Crippen LogP contribution in [0.1, 0.15) is 367 Å². The molecule has 0 amide bonds. The van der Waals surface area contributed by atoms with Crippen LogP contribution in [0.3, 0.4) is 0 Å². The zero-order valence-corrected chi connectivity index (χ0v) is 63.2. The van der Waals surface area contributed by atoms with E-state index in [9.17, 15) is 19.0 Å². The molecule has 3 N–H and O–H groups in total. The molecular weight excluding hydrogens is 1210 g/mol. The number of esters is 2. The van der Waals surface area contributed by atoms with E-state index in [0.717, 1.165) is 116 Å². The van der Waals surface area contributed by atoms with Crippen LogP contribution in [0.5, 0.6) is 0 Å². The van der Waals surface area contributed by atoms with Crippen molar-refractivity contribution in [1.29, 1.82) is 0 Å². The standard InChI is InChI=1S/C86H150NO8P/c1-3-5-7-9-11-13-15-17-19-21-23-25-27-29-31-33-35-37-39-40-41-42-43-44-45-47-49-51-53-55-57-59-61-63-65-67-69-71-73-75-77-79-86(89)95-84(83-94-96(90,91)93-81-80-87)82-92-85(88)78-76-74-72-70-68-66-64-62-60-58-56-54-52-50-48-46-38-36-34-32-30-28-26-24-22-20-18-16-14-12-10-8-6-4-2/h5,7,11,13,17,19,23,25,29,31,35,37,40-41,43-44,47,49,53,55,59,61,84H,3-4,6,8-10,12,14-16,18,20-22,24,26-28,30,32-34,36,38-39,42,45-46,48,50-52,54,56-58,60,62-83,87H2,1-2H3,(H,90,91)/b7-5-,13-11-,19-17-,25-23-,31-29-,37-35-,41-40-,44-43-,49-47-,55-53-,61-59-. The van der Waals surface area contributed by atoms with Crippen molar-refractivity contribution in [3.05, 3.63) is 134 Å². The van der Waals surface area contributed by atoms with E-state index in [1.807, 2.05) is 0 Å². The topological polar surface area (TPSA) is 134 Å². The Morgan fingerprint density at radius 1 is 0.323 bits per heavy atom. The van der Waals surface area contributed by atoms with Gasteiger partial charge in [0.15, 0.2) is 6.10 Å². The van der Waals surface area contributed by atoms with E-state index >= 15 is 0 Å². The Balaban J connectivity index is 3.89. The Morgan fingerprint density at radius 2 is 0.573 bits per heavy atom. The van der Waals surface area contributed by atoms with Crippen LogP contribution in [0.25, 0.3) is 0 Å². The van der Waals surface area contributed by atoms with Gasteiger partial charge in [0.25, 0.3) is 0 Å². The molecule has 0 rings (SSSR count). The third kappa shape index (κ3) is 79.1. The van der Waals surface area contributed by atoms with Gasteiger partial charge in [0.2, 0.25) is 0 Å². The average molecular weight is 1360 g/mol. The minimum atomic E-state index is -4.41. The third-order valence-electron chi connectivity index (χ3n) is 17.3. The first kappa shape index (κ1) is 92.2. The first-order chi connectivity index (χ1) is 47.3. The zero-order valence-electron chi connectivity index (χ0n) is 62.3. The van der Waals surface area contributed by atoms with Crippen LogP contribution in [0, 0.1) is 0 Å². The number of ether oxygens (including phenoxy) is 2. The van der Waals surface area contributed by atoms with Gasteiger partial charge in [-0.15, -0.1) is 0 Å². The smallest absolute Gasteiger partial charge is 0.462 e. The zero-order chi connectivity index (χ0) is 69.3. The minimum absolute atomic E-state index is 0.0471. The van der Waals surface area contributed by atoms with E-state index < -0.39 is 26.5 Å². The lowest BCUT2D eigenvalue weighted by Crippen LogP contribution is -2.29. The maximum atomic E-state index is 12.8. The Hall–Kier alpha value is -3.85. The van der Waals surface area contributed by atoms with Crippen LogP contribution in [-0.4, -0.2) is 49.3 Å². The largest absolute Gasteiger partial charge is 0.472 e. The molecule has 2 unspecified atom stereocenters. The molecule has 0 radical (unpaired) electrons. The van der Waals surface area contributed by atoms with Gasteiger partial charge in [-0.2, -0.15) is 0 Å². The molecule has 0 aromatic heterocycles. The lowest BCUT2D eigenvalue weighted by molar-refractivity contribution is -0.161. The molecule has 0 aliphatic rings. The predicted octanol–water partition coefficient (Wildman–Crippen LogP) is 27.1. The Morgan fingerprint density at radius 3 is 0.854 bits per heavy atom. The summed E-state index contributed by atoms with van der Waals surface area (Å²) >= 11 is 0. The fourth-order valence-corrected chi connectivity index (χ4v) is 12.2. The highest BCUT2D eigenvalue weighted by atomic mass is 31.2. The summed E-state index contributed by atoms with van der Waals surface area (Å²) in [5.41, 5.74) is 5.41. The van der Waals surface area contributed by atoms with E-state index in [1.54, 1.807) is 0 Å².